The number of benzene rings is 3. The quantitative estimate of drug-likeness (QED) is 0.668. The fourth-order valence-corrected chi connectivity index (χ4v) is 3.00. The number of carbonyl (C=O) groups excluding carboxylic acids is 1. The molecule has 0 spiro atoms. The Morgan fingerprint density at radius 1 is 0.893 bits per heavy atom. The topological polar surface area (TPSA) is 82.5 Å². The first kappa shape index (κ1) is 17.2. The van der Waals surface area contributed by atoms with Crippen molar-refractivity contribution in [1.29, 1.82) is 5.26 Å². The molecule has 0 N–H and O–H groups in total. The summed E-state index contributed by atoms with van der Waals surface area (Å²) >= 11 is 0. The molecule has 0 unspecified atom stereocenters. The van der Waals surface area contributed by atoms with Crippen LogP contribution in [0.15, 0.2) is 90.0 Å². The fourth-order valence-electron chi connectivity index (χ4n) is 3.00. The van der Waals surface area contributed by atoms with Crippen LogP contribution in [0.25, 0.3) is 0 Å². The fraction of sp³-hybridized carbons (Fsp3) is 0. The smallest absolute Gasteiger partial charge is 0.530 e. The summed E-state index contributed by atoms with van der Waals surface area (Å²) in [5.74, 6) is 0. The van der Waals surface area contributed by atoms with Crippen LogP contribution in [0.5, 0.6) is 0 Å². The van der Waals surface area contributed by atoms with Crippen molar-refractivity contribution in [3.63, 3.8) is 0 Å². The van der Waals surface area contributed by atoms with Gasteiger partial charge >= 0.3 is 6.03 Å². The van der Waals surface area contributed by atoms with Gasteiger partial charge in [0.1, 0.15) is 5.69 Å². The van der Waals surface area contributed by atoms with Crippen LogP contribution in [0, 0.1) is 11.3 Å². The zero-order chi connectivity index (χ0) is 19.5. The van der Waals surface area contributed by atoms with E-state index in [9.17, 15) is 9.90 Å². The molecular formula is C22H14N4O2. The lowest BCUT2D eigenvalue weighted by Gasteiger charge is -2.11. The highest BCUT2D eigenvalue weighted by Crippen LogP contribution is 2.21. The van der Waals surface area contributed by atoms with Gasteiger partial charge in [-0.05, 0) is 41.5 Å². The van der Waals surface area contributed by atoms with E-state index < -0.39 is 12.1 Å². The molecule has 3 aromatic rings. The highest BCUT2D eigenvalue weighted by atomic mass is 16.3. The van der Waals surface area contributed by atoms with E-state index in [1.165, 1.54) is 0 Å². The Morgan fingerprint density at radius 3 is 2.07 bits per heavy atom. The van der Waals surface area contributed by atoms with Gasteiger partial charge in [0.2, 0.25) is 6.02 Å². The van der Waals surface area contributed by atoms with Gasteiger partial charge in [-0.1, -0.05) is 53.2 Å². The van der Waals surface area contributed by atoms with Crippen molar-refractivity contribution in [2.24, 2.45) is 5.10 Å². The molecule has 4 rings (SSSR count). The van der Waals surface area contributed by atoms with Gasteiger partial charge in [-0.3, -0.25) is 0 Å². The van der Waals surface area contributed by atoms with Gasteiger partial charge in [0.15, 0.2) is 5.71 Å². The molecule has 0 radical (unpaired) electrons. The first-order valence-electron chi connectivity index (χ1n) is 8.57. The van der Waals surface area contributed by atoms with Crippen molar-refractivity contribution in [2.75, 3.05) is 4.90 Å². The van der Waals surface area contributed by atoms with Gasteiger partial charge in [0, 0.05) is 11.1 Å². The van der Waals surface area contributed by atoms with E-state index in [0.29, 0.717) is 22.5 Å². The predicted octanol–water partition coefficient (Wildman–Crippen LogP) is 2.68. The molecule has 28 heavy (non-hydrogen) atoms. The molecule has 0 bridgehead atoms. The van der Waals surface area contributed by atoms with E-state index in [1.54, 1.807) is 48.5 Å². The Hall–Kier alpha value is -4.24. The van der Waals surface area contributed by atoms with Crippen molar-refractivity contribution >= 4 is 23.5 Å². The van der Waals surface area contributed by atoms with Crippen LogP contribution in [-0.4, -0.2) is 22.4 Å². The number of nitrogens with zero attached hydrogens (tertiary/aromatic N) is 4. The molecule has 0 aromatic heterocycles. The zero-order valence-corrected chi connectivity index (χ0v) is 14.7. The van der Waals surface area contributed by atoms with Crippen molar-refractivity contribution < 1.29 is 14.6 Å². The Balaban J connectivity index is 1.90. The van der Waals surface area contributed by atoms with Crippen molar-refractivity contribution in [1.82, 2.24) is 0 Å². The van der Waals surface area contributed by atoms with Gasteiger partial charge < -0.3 is 5.11 Å². The van der Waals surface area contributed by atoms with Crippen molar-refractivity contribution in [3.05, 3.63) is 102 Å². The van der Waals surface area contributed by atoms with Crippen LogP contribution < -0.4 is 10.0 Å². The number of rotatable bonds is 3. The second kappa shape index (κ2) is 7.17. The highest BCUT2D eigenvalue weighted by Gasteiger charge is 2.39. The van der Waals surface area contributed by atoms with Gasteiger partial charge in [-0.2, -0.15) is 10.1 Å². The minimum atomic E-state index is -0.654. The zero-order valence-electron chi connectivity index (χ0n) is 14.7. The first-order chi connectivity index (χ1) is 13.7. The molecule has 0 fully saturated rings. The second-order valence-electron chi connectivity index (χ2n) is 6.05. The minimum absolute atomic E-state index is 0.455. The van der Waals surface area contributed by atoms with Crippen molar-refractivity contribution in [3.8, 4) is 6.07 Å². The minimum Gasteiger partial charge on any atom is -0.824 e. The summed E-state index contributed by atoms with van der Waals surface area (Å²) in [6, 6.07) is 25.6. The maximum absolute atomic E-state index is 13.1. The van der Waals surface area contributed by atoms with E-state index in [2.05, 4.69) is 11.2 Å². The number of hydrazone groups is 1. The Labute approximate surface area is 161 Å². The molecule has 1 aliphatic heterocycles. The molecule has 6 nitrogen and oxygen atoms in total. The van der Waals surface area contributed by atoms with Gasteiger partial charge in [0.05, 0.1) is 11.6 Å². The summed E-state index contributed by atoms with van der Waals surface area (Å²) in [6.07, 6.45) is 0. The van der Waals surface area contributed by atoms with E-state index >= 15 is 0 Å². The molecule has 2 amide bonds. The average molecular weight is 366 g/mol. The standard InChI is InChI=1S/C22H14N4O2/c23-15-16-11-13-18(14-12-16)20(17-7-3-1-4-8-17)26-22(28)25(21(27)24-26)19-9-5-2-6-10-19/h1-14H/b26-20-. The number of anilines is 1. The molecule has 0 saturated carbocycles. The van der Waals surface area contributed by atoms with E-state index in [1.807, 2.05) is 36.4 Å². The Bertz CT molecular complexity index is 1130. The molecule has 0 aliphatic carbocycles. The first-order valence-corrected chi connectivity index (χ1v) is 8.57. The lowest BCUT2D eigenvalue weighted by atomic mass is 10.0. The number of para-hydroxylation sites is 1. The number of hydrogen-bond donors (Lipinski definition) is 0. The maximum Gasteiger partial charge on any atom is 0.530 e. The van der Waals surface area contributed by atoms with Crippen LogP contribution in [0.4, 0.5) is 10.5 Å². The second-order valence-corrected chi connectivity index (χ2v) is 6.05. The summed E-state index contributed by atoms with van der Waals surface area (Å²) < 4.78 is 1.12. The van der Waals surface area contributed by atoms with Crippen LogP contribution in [0.1, 0.15) is 16.7 Å². The molecule has 1 heterocycles. The van der Waals surface area contributed by atoms with Crippen LogP contribution in [0.2, 0.25) is 0 Å². The normalized spacial score (nSPS) is 15.2. The third kappa shape index (κ3) is 3.02. The molecule has 0 atom stereocenters. The summed E-state index contributed by atoms with van der Waals surface area (Å²) in [4.78, 5) is 14.1. The number of amides is 2. The van der Waals surface area contributed by atoms with Gasteiger partial charge in [-0.15, -0.1) is 4.90 Å². The van der Waals surface area contributed by atoms with E-state index in [-0.39, 0.29) is 0 Å². The lowest BCUT2D eigenvalue weighted by molar-refractivity contribution is -0.427. The van der Waals surface area contributed by atoms with Crippen LogP contribution >= 0.6 is 0 Å². The molecule has 6 heteroatoms. The number of urea groups is 1. The number of amidine groups is 1. The highest BCUT2D eigenvalue weighted by molar-refractivity contribution is 6.17. The number of hydrogen-bond acceptors (Lipinski definition) is 4. The third-order valence-electron chi connectivity index (χ3n) is 4.31. The molecular weight excluding hydrogens is 352 g/mol. The Morgan fingerprint density at radius 2 is 1.46 bits per heavy atom. The molecule has 134 valence electrons. The Kier molecular flexibility index (Phi) is 4.40. The molecule has 1 aliphatic rings. The van der Waals surface area contributed by atoms with E-state index in [4.69, 9.17) is 5.26 Å². The molecule has 3 aromatic carbocycles. The predicted molar refractivity (Wildman–Crippen MR) is 103 cm³/mol. The largest absolute Gasteiger partial charge is 0.824 e. The summed E-state index contributed by atoms with van der Waals surface area (Å²) in [5, 5.41) is 25.5. The maximum atomic E-state index is 13.1. The summed E-state index contributed by atoms with van der Waals surface area (Å²) in [6.45, 7) is 0. The van der Waals surface area contributed by atoms with Crippen LogP contribution in [-0.2, 0) is 0 Å². The average Bonchev–Trinajstić information content (AvgIpc) is 3.04. The van der Waals surface area contributed by atoms with Gasteiger partial charge in [0.25, 0.3) is 0 Å². The van der Waals surface area contributed by atoms with Crippen LogP contribution in [0.3, 0.4) is 0 Å². The summed E-state index contributed by atoms with van der Waals surface area (Å²) in [7, 11) is 0. The molecule has 0 saturated heterocycles. The monoisotopic (exact) mass is 366 g/mol. The lowest BCUT2D eigenvalue weighted by Crippen LogP contribution is -2.40. The third-order valence-corrected chi connectivity index (χ3v) is 4.31. The SMILES string of the molecule is N#Cc1ccc(/C(c2ccccc2)=[N+]2\N=C([O-])N(c3ccccc3)C2=O)cc1. The summed E-state index contributed by atoms with van der Waals surface area (Å²) in [5.41, 5.74) is 2.83. The number of nitriles is 1. The van der Waals surface area contributed by atoms with Crippen molar-refractivity contribution in [2.45, 2.75) is 0 Å². The van der Waals surface area contributed by atoms with E-state index in [0.717, 1.165) is 15.1 Å². The number of carbonyl (C=O) groups is 1. The van der Waals surface area contributed by atoms with Gasteiger partial charge in [-0.25, -0.2) is 0 Å².